The Labute approximate surface area is 127 Å². The first-order valence-corrected chi connectivity index (χ1v) is 9.71. The van der Waals surface area contributed by atoms with E-state index in [9.17, 15) is 13.2 Å². The fourth-order valence-corrected chi connectivity index (χ4v) is 4.24. The molecule has 1 aliphatic carbocycles. The smallest absolute Gasteiger partial charge is 0.224 e. The van der Waals surface area contributed by atoms with Crippen LogP contribution in [0.2, 0.25) is 0 Å². The molecule has 2 fully saturated rings. The second-order valence-corrected chi connectivity index (χ2v) is 8.42. The molecular weight excluding hydrogens is 290 g/mol. The van der Waals surface area contributed by atoms with E-state index in [1.807, 2.05) is 4.90 Å². The molecule has 2 rings (SSSR count). The van der Waals surface area contributed by atoms with Gasteiger partial charge in [-0.05, 0) is 25.7 Å². The van der Waals surface area contributed by atoms with Gasteiger partial charge in [-0.25, -0.2) is 13.1 Å². The van der Waals surface area contributed by atoms with E-state index in [0.29, 0.717) is 32.4 Å². The van der Waals surface area contributed by atoms with Crippen molar-refractivity contribution in [2.45, 2.75) is 62.9 Å². The third-order valence-electron chi connectivity index (χ3n) is 4.58. The minimum atomic E-state index is -3.17. The summed E-state index contributed by atoms with van der Waals surface area (Å²) in [4.78, 5) is 14.2. The van der Waals surface area contributed by atoms with Crippen LogP contribution >= 0.6 is 0 Å². The van der Waals surface area contributed by atoms with Crippen LogP contribution in [0.5, 0.6) is 0 Å². The molecule has 0 spiro atoms. The molecule has 1 saturated heterocycles. The van der Waals surface area contributed by atoms with Crippen LogP contribution in [0.1, 0.15) is 51.4 Å². The Morgan fingerprint density at radius 3 is 2.33 bits per heavy atom. The van der Waals surface area contributed by atoms with Crippen molar-refractivity contribution in [2.24, 2.45) is 5.73 Å². The fourth-order valence-electron chi connectivity index (χ4n) is 3.40. The summed E-state index contributed by atoms with van der Waals surface area (Å²) in [6, 6.07) is -0.0504. The van der Waals surface area contributed by atoms with Crippen LogP contribution in [0.15, 0.2) is 0 Å². The van der Waals surface area contributed by atoms with E-state index < -0.39 is 10.0 Å². The Hall–Kier alpha value is -0.660. The Morgan fingerprint density at radius 1 is 1.24 bits per heavy atom. The Balaban J connectivity index is 1.80. The van der Waals surface area contributed by atoms with E-state index in [4.69, 9.17) is 5.73 Å². The molecule has 1 amide bonds. The predicted molar refractivity (Wildman–Crippen MR) is 82.2 cm³/mol. The summed E-state index contributed by atoms with van der Waals surface area (Å²) in [5, 5.41) is 0. The largest absolute Gasteiger partial charge is 0.343 e. The lowest BCUT2D eigenvalue weighted by Gasteiger charge is -2.37. The van der Waals surface area contributed by atoms with Gasteiger partial charge >= 0.3 is 0 Å². The van der Waals surface area contributed by atoms with Crippen molar-refractivity contribution >= 4 is 15.9 Å². The van der Waals surface area contributed by atoms with Gasteiger partial charge in [0.05, 0.1) is 6.26 Å². The van der Waals surface area contributed by atoms with E-state index in [1.54, 1.807) is 0 Å². The molecule has 122 valence electrons. The van der Waals surface area contributed by atoms with Crippen LogP contribution in [0.3, 0.4) is 0 Å². The monoisotopic (exact) mass is 317 g/mol. The number of piperidine rings is 1. The summed E-state index contributed by atoms with van der Waals surface area (Å²) in [5.74, 6) is 0.122. The standard InChI is InChI=1S/C14H27N3O3S/c1-21(19,20)16-12-5-9-17(10-6-12)13(18)11-14(15)7-3-2-4-8-14/h12,16H,2-11,15H2,1H3. The molecule has 0 aromatic rings. The van der Waals surface area contributed by atoms with Crippen LogP contribution < -0.4 is 10.5 Å². The lowest BCUT2D eigenvalue weighted by atomic mass is 9.80. The maximum Gasteiger partial charge on any atom is 0.224 e. The highest BCUT2D eigenvalue weighted by atomic mass is 32.2. The Bertz CT molecular complexity index is 464. The molecule has 6 nitrogen and oxygen atoms in total. The van der Waals surface area contributed by atoms with Crippen molar-refractivity contribution in [3.05, 3.63) is 0 Å². The second-order valence-electron chi connectivity index (χ2n) is 6.64. The SMILES string of the molecule is CS(=O)(=O)NC1CCN(C(=O)CC2(N)CCCCC2)CC1. The number of nitrogens with zero attached hydrogens (tertiary/aromatic N) is 1. The van der Waals surface area contributed by atoms with Crippen LogP contribution in [-0.2, 0) is 14.8 Å². The Kier molecular flexibility index (Phi) is 5.27. The first-order chi connectivity index (χ1) is 9.77. The fraction of sp³-hybridized carbons (Fsp3) is 0.929. The number of hydrogen-bond donors (Lipinski definition) is 2. The quantitative estimate of drug-likeness (QED) is 0.793. The molecule has 1 aliphatic heterocycles. The summed E-state index contributed by atoms with van der Waals surface area (Å²) in [6.07, 6.45) is 8.27. The lowest BCUT2D eigenvalue weighted by molar-refractivity contribution is -0.133. The molecule has 0 aromatic carbocycles. The molecular formula is C14H27N3O3S. The van der Waals surface area contributed by atoms with Crippen LogP contribution in [0, 0.1) is 0 Å². The summed E-state index contributed by atoms with van der Waals surface area (Å²) >= 11 is 0. The van der Waals surface area contributed by atoms with Gasteiger partial charge in [0, 0.05) is 31.1 Å². The summed E-state index contributed by atoms with van der Waals surface area (Å²) in [6.45, 7) is 1.23. The van der Waals surface area contributed by atoms with Crippen molar-refractivity contribution in [2.75, 3.05) is 19.3 Å². The van der Waals surface area contributed by atoms with Crippen molar-refractivity contribution in [1.82, 2.24) is 9.62 Å². The molecule has 21 heavy (non-hydrogen) atoms. The van der Waals surface area contributed by atoms with Gasteiger partial charge < -0.3 is 10.6 Å². The molecule has 3 N–H and O–H groups in total. The molecule has 0 atom stereocenters. The van der Waals surface area contributed by atoms with Gasteiger partial charge in [-0.1, -0.05) is 19.3 Å². The molecule has 1 saturated carbocycles. The topological polar surface area (TPSA) is 92.5 Å². The third-order valence-corrected chi connectivity index (χ3v) is 5.34. The molecule has 0 unspecified atom stereocenters. The molecule has 2 aliphatic rings. The molecule has 0 bridgehead atoms. The number of hydrogen-bond acceptors (Lipinski definition) is 4. The van der Waals surface area contributed by atoms with Gasteiger partial charge in [-0.3, -0.25) is 4.79 Å². The Morgan fingerprint density at radius 2 is 1.81 bits per heavy atom. The van der Waals surface area contributed by atoms with Gasteiger partial charge in [-0.15, -0.1) is 0 Å². The van der Waals surface area contributed by atoms with Crippen molar-refractivity contribution < 1.29 is 13.2 Å². The number of amides is 1. The average Bonchev–Trinajstić information content (AvgIpc) is 2.38. The highest BCUT2D eigenvalue weighted by Crippen LogP contribution is 2.29. The van der Waals surface area contributed by atoms with Crippen molar-refractivity contribution in [3.63, 3.8) is 0 Å². The number of nitrogens with one attached hydrogen (secondary N) is 1. The number of likely N-dealkylation sites (tertiary alicyclic amines) is 1. The lowest BCUT2D eigenvalue weighted by Crippen LogP contribution is -2.50. The van der Waals surface area contributed by atoms with Crippen molar-refractivity contribution in [3.8, 4) is 0 Å². The van der Waals surface area contributed by atoms with Gasteiger partial charge in [0.1, 0.15) is 0 Å². The van der Waals surface area contributed by atoms with E-state index in [1.165, 1.54) is 12.7 Å². The summed E-state index contributed by atoms with van der Waals surface area (Å²) < 4.78 is 25.0. The van der Waals surface area contributed by atoms with Gasteiger partial charge in [0.15, 0.2) is 0 Å². The number of carbonyl (C=O) groups is 1. The molecule has 1 heterocycles. The van der Waals surface area contributed by atoms with Crippen molar-refractivity contribution in [1.29, 1.82) is 0 Å². The number of carbonyl (C=O) groups excluding carboxylic acids is 1. The molecule has 0 radical (unpaired) electrons. The van der Waals surface area contributed by atoms with Gasteiger partial charge in [-0.2, -0.15) is 0 Å². The minimum absolute atomic E-state index is 0.0504. The zero-order valence-corrected chi connectivity index (χ0v) is 13.6. The first-order valence-electron chi connectivity index (χ1n) is 7.81. The number of nitrogens with two attached hydrogens (primary N) is 1. The molecule has 0 aromatic heterocycles. The van der Waals surface area contributed by atoms with Gasteiger partial charge in [0.2, 0.25) is 15.9 Å². The van der Waals surface area contributed by atoms with Crippen LogP contribution in [-0.4, -0.2) is 50.2 Å². The van der Waals surface area contributed by atoms with E-state index in [0.717, 1.165) is 25.7 Å². The van der Waals surface area contributed by atoms with E-state index in [2.05, 4.69) is 4.72 Å². The van der Waals surface area contributed by atoms with Crippen LogP contribution in [0.25, 0.3) is 0 Å². The highest BCUT2D eigenvalue weighted by molar-refractivity contribution is 7.88. The summed E-state index contributed by atoms with van der Waals surface area (Å²) in [7, 11) is -3.17. The first kappa shape index (κ1) is 16.7. The molecule has 7 heteroatoms. The van der Waals surface area contributed by atoms with Gasteiger partial charge in [0.25, 0.3) is 0 Å². The maximum atomic E-state index is 12.4. The predicted octanol–water partition coefficient (Wildman–Crippen LogP) is 0.578. The zero-order chi connectivity index (χ0) is 15.5. The number of rotatable bonds is 4. The average molecular weight is 317 g/mol. The van der Waals surface area contributed by atoms with E-state index >= 15 is 0 Å². The highest BCUT2D eigenvalue weighted by Gasteiger charge is 2.33. The zero-order valence-electron chi connectivity index (χ0n) is 12.8. The van der Waals surface area contributed by atoms with Crippen LogP contribution in [0.4, 0.5) is 0 Å². The minimum Gasteiger partial charge on any atom is -0.343 e. The van der Waals surface area contributed by atoms with E-state index in [-0.39, 0.29) is 17.5 Å². The normalized spacial score (nSPS) is 24.0. The second kappa shape index (κ2) is 6.62. The number of sulfonamides is 1. The summed E-state index contributed by atoms with van der Waals surface area (Å²) in [5.41, 5.74) is 6.02. The third kappa shape index (κ3) is 5.23. The maximum absolute atomic E-state index is 12.4.